The maximum absolute atomic E-state index is 4.65. The highest BCUT2D eigenvalue weighted by atomic mass is 14.7. The fraction of sp³-hybridized carbons (Fsp3) is 0. The zero-order valence-corrected chi connectivity index (χ0v) is 12.2. The second-order valence-corrected chi connectivity index (χ2v) is 4.89. The van der Waals surface area contributed by atoms with E-state index in [1.54, 1.807) is 6.20 Å². The highest BCUT2D eigenvalue weighted by Gasteiger charge is 2.00. The second kappa shape index (κ2) is 6.64. The third-order valence-electron chi connectivity index (χ3n) is 3.45. The summed E-state index contributed by atoms with van der Waals surface area (Å²) in [5.74, 6) is 0. The number of nitrogens with zero attached hydrogens (tertiary/aromatic N) is 2. The molecule has 0 heterocycles. The molecule has 0 radical (unpaired) electrons. The Morgan fingerprint density at radius 3 is 2.36 bits per heavy atom. The zero-order chi connectivity index (χ0) is 15.2. The van der Waals surface area contributed by atoms with Crippen molar-refractivity contribution in [1.82, 2.24) is 0 Å². The third kappa shape index (κ3) is 3.01. The SMILES string of the molecule is C=N/C=C(\C=Nc1cccc2ccccc12)c1ccccc1. The molecule has 22 heavy (non-hydrogen) atoms. The van der Waals surface area contributed by atoms with Gasteiger partial charge >= 0.3 is 0 Å². The predicted octanol–water partition coefficient (Wildman–Crippen LogP) is 5.28. The minimum absolute atomic E-state index is 0.934. The molecule has 3 aromatic rings. The normalized spacial score (nSPS) is 11.9. The van der Waals surface area contributed by atoms with Gasteiger partial charge in [0.2, 0.25) is 0 Å². The summed E-state index contributed by atoms with van der Waals surface area (Å²) in [6, 6.07) is 24.4. The molecule has 3 aromatic carbocycles. The fourth-order valence-corrected chi connectivity index (χ4v) is 2.37. The van der Waals surface area contributed by atoms with Crippen molar-refractivity contribution in [2.45, 2.75) is 0 Å². The molecule has 2 nitrogen and oxygen atoms in total. The molecule has 0 atom stereocenters. The first-order chi connectivity index (χ1) is 10.9. The predicted molar refractivity (Wildman–Crippen MR) is 96.1 cm³/mol. The van der Waals surface area contributed by atoms with E-state index in [4.69, 9.17) is 0 Å². The average molecular weight is 284 g/mol. The van der Waals surface area contributed by atoms with Crippen LogP contribution in [-0.4, -0.2) is 12.9 Å². The van der Waals surface area contributed by atoms with E-state index in [-0.39, 0.29) is 0 Å². The molecule has 0 aliphatic rings. The summed E-state index contributed by atoms with van der Waals surface area (Å²) in [6.07, 6.45) is 3.57. The van der Waals surface area contributed by atoms with Crippen molar-refractivity contribution in [1.29, 1.82) is 0 Å². The summed E-state index contributed by atoms with van der Waals surface area (Å²) >= 11 is 0. The molecular weight excluding hydrogens is 268 g/mol. The smallest absolute Gasteiger partial charge is 0.0708 e. The number of hydrogen-bond acceptors (Lipinski definition) is 2. The Hall–Kier alpha value is -3.00. The molecule has 0 saturated heterocycles. The van der Waals surface area contributed by atoms with Crippen molar-refractivity contribution in [3.05, 3.63) is 84.6 Å². The largest absolute Gasteiger partial charge is 0.272 e. The van der Waals surface area contributed by atoms with E-state index >= 15 is 0 Å². The van der Waals surface area contributed by atoms with E-state index in [9.17, 15) is 0 Å². The van der Waals surface area contributed by atoms with Crippen LogP contribution >= 0.6 is 0 Å². The van der Waals surface area contributed by atoms with E-state index < -0.39 is 0 Å². The van der Waals surface area contributed by atoms with Gasteiger partial charge in [-0.1, -0.05) is 66.7 Å². The Kier molecular flexibility index (Phi) is 4.21. The number of rotatable bonds is 4. The number of allylic oxidation sites excluding steroid dienone is 1. The first-order valence-corrected chi connectivity index (χ1v) is 7.12. The van der Waals surface area contributed by atoms with E-state index in [0.29, 0.717) is 0 Å². The highest BCUT2D eigenvalue weighted by Crippen LogP contribution is 2.26. The average Bonchev–Trinajstić information content (AvgIpc) is 2.59. The molecule has 0 N–H and O–H groups in total. The van der Waals surface area contributed by atoms with E-state index in [2.05, 4.69) is 34.9 Å². The second-order valence-electron chi connectivity index (χ2n) is 4.89. The Morgan fingerprint density at radius 1 is 0.818 bits per heavy atom. The van der Waals surface area contributed by atoms with Crippen LogP contribution in [-0.2, 0) is 0 Å². The lowest BCUT2D eigenvalue weighted by Crippen LogP contribution is -1.85. The molecule has 0 saturated carbocycles. The van der Waals surface area contributed by atoms with Crippen LogP contribution in [0, 0.1) is 0 Å². The molecular formula is C20H16N2. The first kappa shape index (κ1) is 14.0. The lowest BCUT2D eigenvalue weighted by Gasteiger charge is -2.03. The minimum Gasteiger partial charge on any atom is -0.272 e. The standard InChI is InChI=1S/C20H16N2/c1-21-14-18(16-8-3-2-4-9-16)15-22-20-13-7-11-17-10-5-6-12-19(17)20/h2-15H,1H2/b18-14+,22-15?. The number of hydrogen-bond donors (Lipinski definition) is 0. The Morgan fingerprint density at radius 2 is 1.55 bits per heavy atom. The van der Waals surface area contributed by atoms with Gasteiger partial charge in [-0.2, -0.15) is 0 Å². The van der Waals surface area contributed by atoms with Crippen LogP contribution in [0.15, 0.2) is 89.0 Å². The molecule has 106 valence electrons. The van der Waals surface area contributed by atoms with Crippen molar-refractivity contribution in [2.75, 3.05) is 0 Å². The van der Waals surface area contributed by atoms with Crippen molar-refractivity contribution in [3.63, 3.8) is 0 Å². The minimum atomic E-state index is 0.934. The van der Waals surface area contributed by atoms with Gasteiger partial charge in [-0.3, -0.25) is 9.98 Å². The van der Waals surface area contributed by atoms with Gasteiger partial charge in [0, 0.05) is 23.4 Å². The van der Waals surface area contributed by atoms with Gasteiger partial charge in [-0.25, -0.2) is 0 Å². The van der Waals surface area contributed by atoms with Crippen LogP contribution in [0.3, 0.4) is 0 Å². The Bertz CT molecular complexity index is 840. The molecule has 3 rings (SSSR count). The van der Waals surface area contributed by atoms with Crippen LogP contribution in [0.1, 0.15) is 5.56 Å². The number of benzene rings is 3. The molecule has 0 bridgehead atoms. The molecule has 0 aliphatic heterocycles. The summed E-state index contributed by atoms with van der Waals surface area (Å²) in [5, 5.41) is 2.32. The monoisotopic (exact) mass is 284 g/mol. The van der Waals surface area contributed by atoms with Gasteiger partial charge in [-0.15, -0.1) is 0 Å². The van der Waals surface area contributed by atoms with Crippen molar-refractivity contribution in [2.24, 2.45) is 9.98 Å². The lowest BCUT2D eigenvalue weighted by atomic mass is 10.1. The van der Waals surface area contributed by atoms with Gasteiger partial charge in [0.05, 0.1) is 5.69 Å². The topological polar surface area (TPSA) is 24.7 Å². The maximum Gasteiger partial charge on any atom is 0.0708 e. The molecule has 0 amide bonds. The molecule has 0 aliphatic carbocycles. The van der Waals surface area contributed by atoms with Crippen LogP contribution in [0.25, 0.3) is 16.3 Å². The first-order valence-electron chi connectivity index (χ1n) is 7.12. The molecule has 2 heteroatoms. The summed E-state index contributed by atoms with van der Waals surface area (Å²) in [6.45, 7) is 3.54. The number of fused-ring (bicyclic) bond motifs is 1. The quantitative estimate of drug-likeness (QED) is 0.582. The summed E-state index contributed by atoms with van der Waals surface area (Å²) in [7, 11) is 0. The highest BCUT2D eigenvalue weighted by molar-refractivity contribution is 6.11. The van der Waals surface area contributed by atoms with Crippen LogP contribution in [0.5, 0.6) is 0 Å². The van der Waals surface area contributed by atoms with Crippen molar-refractivity contribution < 1.29 is 0 Å². The third-order valence-corrected chi connectivity index (χ3v) is 3.45. The Labute approximate surface area is 130 Å². The van der Waals surface area contributed by atoms with Crippen LogP contribution < -0.4 is 0 Å². The lowest BCUT2D eigenvalue weighted by molar-refractivity contribution is 1.55. The molecule has 0 fully saturated rings. The summed E-state index contributed by atoms with van der Waals surface area (Å²) in [5.41, 5.74) is 2.95. The van der Waals surface area contributed by atoms with Crippen LogP contribution in [0.4, 0.5) is 5.69 Å². The molecule has 0 unspecified atom stereocenters. The van der Waals surface area contributed by atoms with Crippen molar-refractivity contribution >= 4 is 35.0 Å². The van der Waals surface area contributed by atoms with Crippen molar-refractivity contribution in [3.8, 4) is 0 Å². The molecule has 0 spiro atoms. The van der Waals surface area contributed by atoms with Gasteiger partial charge in [-0.05, 0) is 23.7 Å². The summed E-state index contributed by atoms with van der Waals surface area (Å²) < 4.78 is 0. The summed E-state index contributed by atoms with van der Waals surface area (Å²) in [4.78, 5) is 8.53. The Balaban J connectivity index is 2.01. The van der Waals surface area contributed by atoms with Gasteiger partial charge in [0.1, 0.15) is 0 Å². The molecule has 0 aromatic heterocycles. The van der Waals surface area contributed by atoms with Crippen LogP contribution in [0.2, 0.25) is 0 Å². The van der Waals surface area contributed by atoms with Gasteiger partial charge < -0.3 is 0 Å². The zero-order valence-electron chi connectivity index (χ0n) is 12.2. The van der Waals surface area contributed by atoms with E-state index in [0.717, 1.165) is 22.2 Å². The fourth-order valence-electron chi connectivity index (χ4n) is 2.37. The van der Waals surface area contributed by atoms with E-state index in [1.165, 1.54) is 5.39 Å². The number of aliphatic imine (C=N–C) groups is 2. The maximum atomic E-state index is 4.65. The van der Waals surface area contributed by atoms with E-state index in [1.807, 2.05) is 60.8 Å². The van der Waals surface area contributed by atoms with Gasteiger partial charge in [0.15, 0.2) is 0 Å². The van der Waals surface area contributed by atoms with Gasteiger partial charge in [0.25, 0.3) is 0 Å².